The van der Waals surface area contributed by atoms with Crippen LogP contribution >= 0.6 is 11.6 Å². The van der Waals surface area contributed by atoms with Gasteiger partial charge in [0.1, 0.15) is 30.2 Å². The zero-order valence-corrected chi connectivity index (χ0v) is 14.4. The van der Waals surface area contributed by atoms with E-state index in [4.69, 9.17) is 20.8 Å². The number of methoxy groups -OCH3 is 1. The number of amides is 1. The minimum atomic E-state index is -0.643. The Morgan fingerprint density at radius 3 is 2.52 bits per heavy atom. The molecule has 0 fully saturated rings. The van der Waals surface area contributed by atoms with E-state index in [1.165, 1.54) is 13.2 Å². The number of carbonyl (C=O) groups is 3. The highest BCUT2D eigenvalue weighted by atomic mass is 35.5. The number of rotatable bonds is 6. The average molecular weight is 366 g/mol. The van der Waals surface area contributed by atoms with Crippen LogP contribution in [0.4, 0.5) is 0 Å². The number of benzene rings is 1. The molecule has 7 nitrogen and oxygen atoms in total. The summed E-state index contributed by atoms with van der Waals surface area (Å²) in [6.07, 6.45) is 0. The summed E-state index contributed by atoms with van der Waals surface area (Å²) in [6.45, 7) is 1.14. The van der Waals surface area contributed by atoms with Crippen LogP contribution in [-0.2, 0) is 20.9 Å². The Morgan fingerprint density at radius 1 is 1.20 bits per heavy atom. The van der Waals surface area contributed by atoms with E-state index in [1.54, 1.807) is 31.2 Å². The molecule has 1 amide bonds. The fraction of sp³-hybridized carbons (Fsp3) is 0.235. The third kappa shape index (κ3) is 5.09. The molecular formula is C17H16ClNO6. The first-order valence-corrected chi connectivity index (χ1v) is 7.65. The highest BCUT2D eigenvalue weighted by Crippen LogP contribution is 2.16. The van der Waals surface area contributed by atoms with E-state index in [0.717, 1.165) is 0 Å². The molecule has 25 heavy (non-hydrogen) atoms. The van der Waals surface area contributed by atoms with Gasteiger partial charge in [0.2, 0.25) is 0 Å². The fourth-order valence-corrected chi connectivity index (χ4v) is 2.11. The monoisotopic (exact) mass is 365 g/mol. The molecular weight excluding hydrogens is 350 g/mol. The molecule has 0 atom stereocenters. The lowest BCUT2D eigenvalue weighted by molar-refractivity contribution is -0.144. The molecule has 0 saturated heterocycles. The summed E-state index contributed by atoms with van der Waals surface area (Å²) in [5.74, 6) is -0.926. The maximum absolute atomic E-state index is 11.9. The van der Waals surface area contributed by atoms with Gasteiger partial charge < -0.3 is 19.2 Å². The molecule has 0 unspecified atom stereocenters. The molecule has 1 aromatic heterocycles. The smallest absolute Gasteiger partial charge is 0.341 e. The molecule has 8 heteroatoms. The second kappa shape index (κ2) is 8.34. The van der Waals surface area contributed by atoms with E-state index in [0.29, 0.717) is 22.1 Å². The number of ether oxygens (including phenoxy) is 2. The summed E-state index contributed by atoms with van der Waals surface area (Å²) in [7, 11) is 1.26. The van der Waals surface area contributed by atoms with Crippen LogP contribution in [0.25, 0.3) is 0 Å². The number of nitrogens with one attached hydrogen (secondary N) is 1. The van der Waals surface area contributed by atoms with Gasteiger partial charge in [0, 0.05) is 10.6 Å². The van der Waals surface area contributed by atoms with Crippen molar-refractivity contribution in [2.24, 2.45) is 0 Å². The van der Waals surface area contributed by atoms with Crippen molar-refractivity contribution in [2.75, 3.05) is 13.7 Å². The van der Waals surface area contributed by atoms with E-state index in [1.807, 2.05) is 0 Å². The largest absolute Gasteiger partial charge is 0.465 e. The topological polar surface area (TPSA) is 94.8 Å². The molecule has 0 saturated carbocycles. The Morgan fingerprint density at radius 2 is 1.88 bits per heavy atom. The van der Waals surface area contributed by atoms with E-state index in [9.17, 15) is 14.4 Å². The normalized spacial score (nSPS) is 10.2. The van der Waals surface area contributed by atoms with Crippen LogP contribution in [0.3, 0.4) is 0 Å². The van der Waals surface area contributed by atoms with Crippen LogP contribution in [0, 0.1) is 6.92 Å². The molecule has 0 bridgehead atoms. The van der Waals surface area contributed by atoms with Crippen molar-refractivity contribution in [3.05, 3.63) is 58.0 Å². The van der Waals surface area contributed by atoms with E-state index in [-0.39, 0.29) is 18.7 Å². The van der Waals surface area contributed by atoms with Gasteiger partial charge in [0.05, 0.1) is 7.11 Å². The maximum Gasteiger partial charge on any atom is 0.341 e. The minimum absolute atomic E-state index is 0.159. The van der Waals surface area contributed by atoms with Crippen molar-refractivity contribution in [3.8, 4) is 0 Å². The number of esters is 2. The summed E-state index contributed by atoms with van der Waals surface area (Å²) in [5, 5.41) is 2.95. The Bertz CT molecular complexity index is 781. The highest BCUT2D eigenvalue weighted by molar-refractivity contribution is 6.30. The summed E-state index contributed by atoms with van der Waals surface area (Å²) in [5.41, 5.74) is 0.645. The third-order valence-corrected chi connectivity index (χ3v) is 3.50. The van der Waals surface area contributed by atoms with Crippen molar-refractivity contribution < 1.29 is 28.3 Å². The highest BCUT2D eigenvalue weighted by Gasteiger charge is 2.16. The zero-order chi connectivity index (χ0) is 18.4. The molecule has 1 heterocycles. The van der Waals surface area contributed by atoms with Crippen molar-refractivity contribution in [2.45, 2.75) is 13.5 Å². The minimum Gasteiger partial charge on any atom is -0.465 e. The van der Waals surface area contributed by atoms with Gasteiger partial charge in [-0.2, -0.15) is 0 Å². The average Bonchev–Trinajstić information content (AvgIpc) is 2.98. The van der Waals surface area contributed by atoms with Gasteiger partial charge in [0.15, 0.2) is 0 Å². The van der Waals surface area contributed by atoms with Gasteiger partial charge in [0.25, 0.3) is 5.91 Å². The van der Waals surface area contributed by atoms with Crippen molar-refractivity contribution in [3.63, 3.8) is 0 Å². The lowest BCUT2D eigenvalue weighted by Crippen LogP contribution is -2.30. The van der Waals surface area contributed by atoms with Gasteiger partial charge in [-0.15, -0.1) is 0 Å². The standard InChI is InChI=1S/C17H16ClNO6/c1-10-14(17(22)23-2)7-13(25-10)9-24-15(20)8-19-16(21)11-3-5-12(18)6-4-11/h3-7H,8-9H2,1-2H3,(H,19,21). The molecule has 1 aromatic carbocycles. The number of hydrogen-bond acceptors (Lipinski definition) is 6. The molecule has 0 aliphatic rings. The molecule has 0 aliphatic carbocycles. The van der Waals surface area contributed by atoms with E-state index < -0.39 is 17.8 Å². The first-order chi connectivity index (χ1) is 11.9. The second-order valence-corrected chi connectivity index (χ2v) is 5.46. The quantitative estimate of drug-likeness (QED) is 0.790. The van der Waals surface area contributed by atoms with Gasteiger partial charge in [-0.3, -0.25) is 9.59 Å². The van der Waals surface area contributed by atoms with Gasteiger partial charge in [-0.1, -0.05) is 11.6 Å². The SMILES string of the molecule is COC(=O)c1cc(COC(=O)CNC(=O)c2ccc(Cl)cc2)oc1C. The zero-order valence-electron chi connectivity index (χ0n) is 13.6. The summed E-state index contributed by atoms with van der Waals surface area (Å²) in [4.78, 5) is 35.0. The molecule has 1 N–H and O–H groups in total. The van der Waals surface area contributed by atoms with Crippen molar-refractivity contribution in [1.82, 2.24) is 5.32 Å². The molecule has 0 aliphatic heterocycles. The Balaban J connectivity index is 1.82. The first-order valence-electron chi connectivity index (χ1n) is 7.27. The van der Waals surface area contributed by atoms with Gasteiger partial charge in [-0.25, -0.2) is 4.79 Å². The van der Waals surface area contributed by atoms with Crippen molar-refractivity contribution in [1.29, 1.82) is 0 Å². The lowest BCUT2D eigenvalue weighted by atomic mass is 10.2. The summed E-state index contributed by atoms with van der Waals surface area (Å²) < 4.78 is 14.9. The molecule has 0 spiro atoms. The lowest BCUT2D eigenvalue weighted by Gasteiger charge is -2.05. The van der Waals surface area contributed by atoms with Crippen LogP contribution in [0.5, 0.6) is 0 Å². The molecule has 0 radical (unpaired) electrons. The molecule has 2 rings (SSSR count). The molecule has 132 valence electrons. The number of aryl methyl sites for hydroxylation is 1. The van der Waals surface area contributed by atoms with Crippen LogP contribution in [-0.4, -0.2) is 31.5 Å². The molecule has 2 aromatic rings. The van der Waals surface area contributed by atoms with Gasteiger partial charge in [-0.05, 0) is 37.3 Å². The first kappa shape index (κ1) is 18.5. The van der Waals surface area contributed by atoms with E-state index in [2.05, 4.69) is 10.1 Å². The van der Waals surface area contributed by atoms with Crippen LogP contribution < -0.4 is 5.32 Å². The predicted molar refractivity (Wildman–Crippen MR) is 88.4 cm³/mol. The van der Waals surface area contributed by atoms with Crippen LogP contribution in [0.2, 0.25) is 5.02 Å². The van der Waals surface area contributed by atoms with E-state index >= 15 is 0 Å². The number of carbonyl (C=O) groups excluding carboxylic acids is 3. The third-order valence-electron chi connectivity index (χ3n) is 3.25. The van der Waals surface area contributed by atoms with Crippen LogP contribution in [0.15, 0.2) is 34.7 Å². The summed E-state index contributed by atoms with van der Waals surface area (Å²) >= 11 is 5.74. The Kier molecular flexibility index (Phi) is 6.19. The number of halogens is 1. The van der Waals surface area contributed by atoms with Crippen LogP contribution in [0.1, 0.15) is 32.2 Å². The maximum atomic E-state index is 11.9. The summed E-state index contributed by atoms with van der Waals surface area (Å²) in [6, 6.07) is 7.69. The number of hydrogen-bond donors (Lipinski definition) is 1. The second-order valence-electron chi connectivity index (χ2n) is 5.02. The Labute approximate surface area is 148 Å². The predicted octanol–water partition coefficient (Wildman–Crippen LogP) is 2.50. The number of furan rings is 1. The van der Waals surface area contributed by atoms with Crippen molar-refractivity contribution >= 4 is 29.4 Å². The Hall–Kier alpha value is -2.80. The fourth-order valence-electron chi connectivity index (χ4n) is 1.99. The van der Waals surface area contributed by atoms with Gasteiger partial charge >= 0.3 is 11.9 Å².